The number of halogens is 3. The van der Waals surface area contributed by atoms with Crippen molar-refractivity contribution in [3.63, 3.8) is 0 Å². The Kier molecular flexibility index (Phi) is 4.19. The minimum atomic E-state index is -5.87. The van der Waals surface area contributed by atoms with Crippen LogP contribution in [-0.4, -0.2) is 31.3 Å². The molecule has 0 atom stereocenters. The van der Waals surface area contributed by atoms with Crippen molar-refractivity contribution in [3.05, 3.63) is 54.7 Å². The van der Waals surface area contributed by atoms with Crippen LogP contribution >= 0.6 is 0 Å². The Bertz CT molecular complexity index is 1170. The number of nitrogens with zero attached hydrogens (tertiary/aromatic N) is 2. The molecule has 2 heterocycles. The molecular weight excluding hydrogens is 397 g/mol. The Hall–Kier alpha value is -2.60. The molecule has 0 N–H and O–H groups in total. The van der Waals surface area contributed by atoms with E-state index in [4.69, 9.17) is 0 Å². The molecule has 0 aliphatic rings. The van der Waals surface area contributed by atoms with Gasteiger partial charge in [-0.1, -0.05) is 18.2 Å². The molecule has 3 rings (SSSR count). The van der Waals surface area contributed by atoms with Gasteiger partial charge >= 0.3 is 15.6 Å². The van der Waals surface area contributed by atoms with Crippen LogP contribution in [-0.2, 0) is 20.1 Å². The van der Waals surface area contributed by atoms with E-state index in [1.807, 2.05) is 0 Å². The summed E-state index contributed by atoms with van der Waals surface area (Å²) in [5.41, 5.74) is -5.61. The maximum Gasteiger partial charge on any atom is 0.534 e. The Morgan fingerprint density at radius 1 is 0.923 bits per heavy atom. The molecule has 0 radical (unpaired) electrons. The minimum Gasteiger partial charge on any atom is -0.355 e. The van der Waals surface area contributed by atoms with E-state index in [1.54, 1.807) is 6.07 Å². The lowest BCUT2D eigenvalue weighted by Gasteiger charge is -2.09. The first-order chi connectivity index (χ1) is 12.0. The summed E-state index contributed by atoms with van der Waals surface area (Å²) in [6.07, 6.45) is 1.15. The third kappa shape index (κ3) is 3.12. The highest BCUT2D eigenvalue weighted by molar-refractivity contribution is 7.90. The zero-order valence-corrected chi connectivity index (χ0v) is 14.2. The maximum atomic E-state index is 12.6. The van der Waals surface area contributed by atoms with E-state index < -0.39 is 31.5 Å². The Labute approximate surface area is 145 Å². The van der Waals surface area contributed by atoms with Crippen LogP contribution in [0.5, 0.6) is 5.88 Å². The van der Waals surface area contributed by atoms with Crippen LogP contribution in [0.1, 0.15) is 0 Å². The summed E-state index contributed by atoms with van der Waals surface area (Å²) in [5.74, 6) is -0.829. The van der Waals surface area contributed by atoms with Crippen LogP contribution in [0.4, 0.5) is 13.2 Å². The topological polar surface area (TPSA) is 95.3 Å². The van der Waals surface area contributed by atoms with E-state index >= 15 is 0 Å². The van der Waals surface area contributed by atoms with E-state index in [0.717, 1.165) is 22.3 Å². The van der Waals surface area contributed by atoms with Gasteiger partial charge in [-0.3, -0.25) is 0 Å². The highest BCUT2D eigenvalue weighted by Gasteiger charge is 2.48. The van der Waals surface area contributed by atoms with Gasteiger partial charge in [0.1, 0.15) is 0 Å². The molecule has 2 aromatic heterocycles. The number of benzene rings is 1. The molecule has 0 aliphatic carbocycles. The van der Waals surface area contributed by atoms with Crippen molar-refractivity contribution in [2.45, 2.75) is 10.4 Å². The quantitative estimate of drug-likeness (QED) is 0.488. The van der Waals surface area contributed by atoms with Crippen LogP contribution in [0.25, 0.3) is 11.0 Å². The third-order valence-electron chi connectivity index (χ3n) is 3.26. The first-order valence-electron chi connectivity index (χ1n) is 6.82. The summed E-state index contributed by atoms with van der Waals surface area (Å²) in [6.45, 7) is 0. The number of pyridine rings is 1. The normalized spacial score (nSPS) is 13.0. The Morgan fingerprint density at radius 2 is 1.58 bits per heavy atom. The number of aromatic nitrogens is 2. The van der Waals surface area contributed by atoms with Crippen molar-refractivity contribution in [1.29, 1.82) is 0 Å². The van der Waals surface area contributed by atoms with Gasteiger partial charge in [-0.15, -0.1) is 0 Å². The standard InChI is InChI=1S/C14H9F3N2O5S2/c15-14(16,17)26(22,23)24-13-7-6-12-11(18-13)8-9-19(12)25(20,21)10-4-2-1-3-5-10/h1-9H. The van der Waals surface area contributed by atoms with E-state index in [9.17, 15) is 30.0 Å². The summed E-state index contributed by atoms with van der Waals surface area (Å²) >= 11 is 0. The molecule has 0 fully saturated rings. The van der Waals surface area contributed by atoms with Gasteiger partial charge in [0, 0.05) is 12.3 Å². The molecule has 0 saturated carbocycles. The van der Waals surface area contributed by atoms with Crippen LogP contribution < -0.4 is 4.18 Å². The zero-order chi connectivity index (χ0) is 19.2. The van der Waals surface area contributed by atoms with Crippen LogP contribution in [0, 0.1) is 0 Å². The van der Waals surface area contributed by atoms with Gasteiger partial charge in [-0.2, -0.15) is 21.6 Å². The fourth-order valence-electron chi connectivity index (χ4n) is 2.10. The van der Waals surface area contributed by atoms with Gasteiger partial charge in [0.2, 0.25) is 5.88 Å². The second-order valence-corrected chi connectivity index (χ2v) is 8.32. The lowest BCUT2D eigenvalue weighted by Crippen LogP contribution is -2.28. The van der Waals surface area contributed by atoms with Gasteiger partial charge in [0.05, 0.1) is 15.9 Å². The summed E-state index contributed by atoms with van der Waals surface area (Å²) in [7, 11) is -9.83. The minimum absolute atomic E-state index is 0.00234. The second kappa shape index (κ2) is 5.99. The average molecular weight is 406 g/mol. The summed E-state index contributed by atoms with van der Waals surface area (Å²) in [6, 6.07) is 10.6. The van der Waals surface area contributed by atoms with Crippen LogP contribution in [0.15, 0.2) is 59.6 Å². The molecular formula is C14H9F3N2O5S2. The van der Waals surface area contributed by atoms with Crippen molar-refractivity contribution in [1.82, 2.24) is 8.96 Å². The molecule has 0 amide bonds. The van der Waals surface area contributed by atoms with E-state index in [2.05, 4.69) is 9.17 Å². The lowest BCUT2D eigenvalue weighted by atomic mass is 10.4. The largest absolute Gasteiger partial charge is 0.534 e. The molecule has 138 valence electrons. The summed E-state index contributed by atoms with van der Waals surface area (Å²) in [4.78, 5) is 3.61. The number of hydrogen-bond acceptors (Lipinski definition) is 6. The SMILES string of the molecule is O=S(=O)(c1ccccc1)n1ccc2nc(OS(=O)(=O)C(F)(F)F)ccc21. The van der Waals surface area contributed by atoms with E-state index in [1.165, 1.54) is 30.3 Å². The first-order valence-corrected chi connectivity index (χ1v) is 9.67. The van der Waals surface area contributed by atoms with Gasteiger partial charge < -0.3 is 4.18 Å². The average Bonchev–Trinajstić information content (AvgIpc) is 2.98. The third-order valence-corrected chi connectivity index (χ3v) is 5.92. The predicted octanol–water partition coefficient (Wildman–Crippen LogP) is 2.50. The molecule has 0 unspecified atom stereocenters. The maximum absolute atomic E-state index is 12.6. The van der Waals surface area contributed by atoms with E-state index in [-0.39, 0.29) is 15.9 Å². The molecule has 1 aromatic carbocycles. The van der Waals surface area contributed by atoms with Crippen molar-refractivity contribution in [2.24, 2.45) is 0 Å². The lowest BCUT2D eigenvalue weighted by molar-refractivity contribution is -0.0501. The highest BCUT2D eigenvalue weighted by atomic mass is 32.2. The molecule has 3 aromatic rings. The van der Waals surface area contributed by atoms with Crippen molar-refractivity contribution in [3.8, 4) is 5.88 Å². The van der Waals surface area contributed by atoms with Crippen molar-refractivity contribution >= 4 is 31.2 Å². The summed E-state index contributed by atoms with van der Waals surface area (Å²) < 4.78 is 89.1. The van der Waals surface area contributed by atoms with Crippen LogP contribution in [0.3, 0.4) is 0 Å². The van der Waals surface area contributed by atoms with E-state index in [0.29, 0.717) is 0 Å². The highest BCUT2D eigenvalue weighted by Crippen LogP contribution is 2.28. The van der Waals surface area contributed by atoms with Crippen molar-refractivity contribution < 1.29 is 34.2 Å². The van der Waals surface area contributed by atoms with Crippen molar-refractivity contribution in [2.75, 3.05) is 0 Å². The molecule has 0 bridgehead atoms. The number of fused-ring (bicyclic) bond motifs is 1. The Morgan fingerprint density at radius 3 is 2.19 bits per heavy atom. The molecule has 7 nitrogen and oxygen atoms in total. The first kappa shape index (κ1) is 18.2. The number of alkyl halides is 3. The molecule has 0 aliphatic heterocycles. The molecule has 26 heavy (non-hydrogen) atoms. The monoisotopic (exact) mass is 406 g/mol. The predicted molar refractivity (Wildman–Crippen MR) is 84.4 cm³/mol. The second-order valence-electron chi connectivity index (χ2n) is 4.97. The van der Waals surface area contributed by atoms with Gasteiger partial charge in [-0.25, -0.2) is 17.4 Å². The van der Waals surface area contributed by atoms with Gasteiger partial charge in [-0.05, 0) is 24.3 Å². The smallest absolute Gasteiger partial charge is 0.355 e. The molecule has 0 spiro atoms. The number of hydrogen-bond donors (Lipinski definition) is 0. The number of rotatable bonds is 4. The fraction of sp³-hybridized carbons (Fsp3) is 0.0714. The molecule has 12 heteroatoms. The van der Waals surface area contributed by atoms with Gasteiger partial charge in [0.25, 0.3) is 10.0 Å². The van der Waals surface area contributed by atoms with Gasteiger partial charge in [0.15, 0.2) is 0 Å². The molecule has 0 saturated heterocycles. The fourth-order valence-corrected chi connectivity index (χ4v) is 3.87. The Balaban J connectivity index is 2.04. The van der Waals surface area contributed by atoms with Crippen LogP contribution in [0.2, 0.25) is 0 Å². The zero-order valence-electron chi connectivity index (χ0n) is 12.6. The summed E-state index contributed by atoms with van der Waals surface area (Å²) in [5, 5.41) is 0.